The average molecular weight is 280 g/mol. The van der Waals surface area contributed by atoms with Crippen LogP contribution in [0.3, 0.4) is 0 Å². The largest absolute Gasteiger partial charge is 0.487 e. The minimum atomic E-state index is -0.415. The van der Waals surface area contributed by atoms with Crippen LogP contribution in [0.25, 0.3) is 0 Å². The third kappa shape index (κ3) is 5.84. The van der Waals surface area contributed by atoms with E-state index in [2.05, 4.69) is 5.32 Å². The van der Waals surface area contributed by atoms with Crippen LogP contribution in [0.2, 0.25) is 0 Å². The molecule has 0 unspecified atom stereocenters. The van der Waals surface area contributed by atoms with Crippen LogP contribution in [-0.4, -0.2) is 24.6 Å². The van der Waals surface area contributed by atoms with Crippen LogP contribution in [0, 0.1) is 0 Å². The topological polar surface area (TPSA) is 64.3 Å². The van der Waals surface area contributed by atoms with E-state index in [4.69, 9.17) is 10.5 Å². The number of hydrogen-bond donors (Lipinski definition) is 2. The second-order valence-corrected chi connectivity index (χ2v) is 5.40. The third-order valence-electron chi connectivity index (χ3n) is 2.32. The molecule has 0 aliphatic rings. The van der Waals surface area contributed by atoms with Crippen LogP contribution in [0.15, 0.2) is 36.2 Å². The molecule has 0 aromatic heterocycles. The zero-order valence-corrected chi connectivity index (χ0v) is 12.1. The SMILES string of the molecule is CC(C)(C)NC(=O)c1ccc(OC/C(F)=C\CN)cc1. The maximum absolute atomic E-state index is 13.1. The first-order valence-corrected chi connectivity index (χ1v) is 6.42. The Morgan fingerprint density at radius 3 is 2.45 bits per heavy atom. The number of halogens is 1. The van der Waals surface area contributed by atoms with Crippen LogP contribution in [0.4, 0.5) is 4.39 Å². The molecule has 20 heavy (non-hydrogen) atoms. The lowest BCUT2D eigenvalue weighted by atomic mass is 10.1. The highest BCUT2D eigenvalue weighted by atomic mass is 19.1. The van der Waals surface area contributed by atoms with E-state index in [1.165, 1.54) is 6.08 Å². The van der Waals surface area contributed by atoms with Crippen molar-refractivity contribution in [3.63, 3.8) is 0 Å². The van der Waals surface area contributed by atoms with E-state index in [-0.39, 0.29) is 24.6 Å². The van der Waals surface area contributed by atoms with E-state index in [0.29, 0.717) is 11.3 Å². The molecule has 0 bridgehead atoms. The Kier molecular flexibility index (Phi) is 5.70. The van der Waals surface area contributed by atoms with Gasteiger partial charge in [-0.3, -0.25) is 4.79 Å². The van der Waals surface area contributed by atoms with Crippen LogP contribution in [-0.2, 0) is 0 Å². The number of benzene rings is 1. The number of nitrogens with two attached hydrogens (primary N) is 1. The number of nitrogens with one attached hydrogen (secondary N) is 1. The molecule has 0 aliphatic carbocycles. The standard InChI is InChI=1S/C15H21FN2O2/c1-15(2,3)18-14(19)11-4-6-13(7-5-11)20-10-12(16)8-9-17/h4-8H,9-10,17H2,1-3H3,(H,18,19)/b12-8+. The summed E-state index contributed by atoms with van der Waals surface area (Å²) in [5.74, 6) is -0.0711. The monoisotopic (exact) mass is 280 g/mol. The summed E-state index contributed by atoms with van der Waals surface area (Å²) in [5.41, 5.74) is 5.43. The van der Waals surface area contributed by atoms with Gasteiger partial charge in [0.1, 0.15) is 18.2 Å². The Labute approximate surface area is 118 Å². The number of carbonyl (C=O) groups is 1. The molecule has 0 spiro atoms. The van der Waals surface area contributed by atoms with Gasteiger partial charge in [0.25, 0.3) is 5.91 Å². The van der Waals surface area contributed by atoms with Gasteiger partial charge in [-0.25, -0.2) is 4.39 Å². The fourth-order valence-electron chi connectivity index (χ4n) is 1.45. The molecule has 1 amide bonds. The smallest absolute Gasteiger partial charge is 0.251 e. The van der Waals surface area contributed by atoms with E-state index in [1.54, 1.807) is 24.3 Å². The van der Waals surface area contributed by atoms with Crippen molar-refractivity contribution in [3.05, 3.63) is 41.7 Å². The van der Waals surface area contributed by atoms with E-state index in [0.717, 1.165) is 0 Å². The van der Waals surface area contributed by atoms with Gasteiger partial charge >= 0.3 is 0 Å². The second-order valence-electron chi connectivity index (χ2n) is 5.40. The molecule has 4 nitrogen and oxygen atoms in total. The molecule has 0 aliphatic heterocycles. The molecule has 1 aromatic carbocycles. The highest BCUT2D eigenvalue weighted by Crippen LogP contribution is 2.14. The number of ether oxygens (including phenoxy) is 1. The zero-order chi connectivity index (χ0) is 15.2. The lowest BCUT2D eigenvalue weighted by Gasteiger charge is -2.20. The molecule has 0 radical (unpaired) electrons. The van der Waals surface area contributed by atoms with E-state index in [1.807, 2.05) is 20.8 Å². The highest BCUT2D eigenvalue weighted by Gasteiger charge is 2.15. The van der Waals surface area contributed by atoms with Crippen molar-refractivity contribution in [3.8, 4) is 5.75 Å². The van der Waals surface area contributed by atoms with Gasteiger partial charge in [-0.2, -0.15) is 0 Å². The van der Waals surface area contributed by atoms with Gasteiger partial charge < -0.3 is 15.8 Å². The van der Waals surface area contributed by atoms with Gasteiger partial charge in [-0.15, -0.1) is 0 Å². The molecule has 110 valence electrons. The maximum Gasteiger partial charge on any atom is 0.251 e. The van der Waals surface area contributed by atoms with Gasteiger partial charge in [0, 0.05) is 17.6 Å². The minimum absolute atomic E-state index is 0.140. The molecular weight excluding hydrogens is 259 g/mol. The van der Waals surface area contributed by atoms with Crippen molar-refractivity contribution in [2.45, 2.75) is 26.3 Å². The number of hydrogen-bond acceptors (Lipinski definition) is 3. The van der Waals surface area contributed by atoms with Gasteiger partial charge in [-0.05, 0) is 51.1 Å². The predicted octanol–water partition coefficient (Wildman–Crippen LogP) is 2.41. The summed E-state index contributed by atoms with van der Waals surface area (Å²) in [6.07, 6.45) is 1.26. The van der Waals surface area contributed by atoms with Crippen molar-refractivity contribution < 1.29 is 13.9 Å². The summed E-state index contributed by atoms with van der Waals surface area (Å²) in [6.45, 7) is 5.71. The van der Waals surface area contributed by atoms with Crippen LogP contribution >= 0.6 is 0 Å². The summed E-state index contributed by atoms with van der Waals surface area (Å²) < 4.78 is 18.3. The van der Waals surface area contributed by atoms with E-state index < -0.39 is 5.83 Å². The number of amides is 1. The molecule has 3 N–H and O–H groups in total. The van der Waals surface area contributed by atoms with Crippen molar-refractivity contribution in [2.24, 2.45) is 5.73 Å². The predicted molar refractivity (Wildman–Crippen MR) is 77.4 cm³/mol. The number of rotatable bonds is 5. The van der Waals surface area contributed by atoms with Crippen LogP contribution in [0.1, 0.15) is 31.1 Å². The Hall–Kier alpha value is -1.88. The Morgan fingerprint density at radius 1 is 1.35 bits per heavy atom. The third-order valence-corrected chi connectivity index (χ3v) is 2.32. The number of carbonyl (C=O) groups excluding carboxylic acids is 1. The summed E-state index contributed by atoms with van der Waals surface area (Å²) in [7, 11) is 0. The van der Waals surface area contributed by atoms with Crippen LogP contribution in [0.5, 0.6) is 5.75 Å². The first kappa shape index (κ1) is 16.2. The molecule has 0 saturated heterocycles. The zero-order valence-electron chi connectivity index (χ0n) is 12.1. The normalized spacial score (nSPS) is 12.2. The van der Waals surface area contributed by atoms with E-state index in [9.17, 15) is 9.18 Å². The second kappa shape index (κ2) is 7.05. The molecule has 0 fully saturated rings. The summed E-state index contributed by atoms with van der Waals surface area (Å²) in [5, 5.41) is 2.86. The van der Waals surface area contributed by atoms with Crippen molar-refractivity contribution in [1.29, 1.82) is 0 Å². The van der Waals surface area contributed by atoms with E-state index >= 15 is 0 Å². The Morgan fingerprint density at radius 2 is 1.95 bits per heavy atom. The molecule has 0 heterocycles. The summed E-state index contributed by atoms with van der Waals surface area (Å²) >= 11 is 0. The van der Waals surface area contributed by atoms with Gasteiger partial charge in [-0.1, -0.05) is 0 Å². The van der Waals surface area contributed by atoms with Gasteiger partial charge in [0.2, 0.25) is 0 Å². The first-order valence-electron chi connectivity index (χ1n) is 6.42. The summed E-state index contributed by atoms with van der Waals surface area (Å²) in [4.78, 5) is 11.9. The van der Waals surface area contributed by atoms with Crippen LogP contribution < -0.4 is 15.8 Å². The molecule has 0 saturated carbocycles. The average Bonchev–Trinajstić information content (AvgIpc) is 2.35. The molecule has 5 heteroatoms. The quantitative estimate of drug-likeness (QED) is 0.870. The minimum Gasteiger partial charge on any atom is -0.487 e. The lowest BCUT2D eigenvalue weighted by molar-refractivity contribution is 0.0919. The Balaban J connectivity index is 2.60. The fourth-order valence-corrected chi connectivity index (χ4v) is 1.45. The van der Waals surface area contributed by atoms with Gasteiger partial charge in [0.05, 0.1) is 0 Å². The fraction of sp³-hybridized carbons (Fsp3) is 0.400. The molecule has 0 atom stereocenters. The molecule has 1 rings (SSSR count). The maximum atomic E-state index is 13.1. The first-order chi connectivity index (χ1) is 9.31. The van der Waals surface area contributed by atoms with Crippen molar-refractivity contribution in [1.82, 2.24) is 5.32 Å². The lowest BCUT2D eigenvalue weighted by Crippen LogP contribution is -2.40. The molecule has 1 aromatic rings. The highest BCUT2D eigenvalue weighted by molar-refractivity contribution is 5.94. The van der Waals surface area contributed by atoms with Crippen molar-refractivity contribution in [2.75, 3.05) is 13.2 Å². The van der Waals surface area contributed by atoms with Gasteiger partial charge in [0.15, 0.2) is 0 Å². The Bertz CT molecular complexity index is 476. The molecular formula is C15H21FN2O2. The summed E-state index contributed by atoms with van der Waals surface area (Å²) in [6, 6.07) is 6.54. The van der Waals surface area contributed by atoms with Crippen molar-refractivity contribution >= 4 is 5.91 Å².